The van der Waals surface area contributed by atoms with E-state index < -0.39 is 0 Å². The van der Waals surface area contributed by atoms with Crippen molar-refractivity contribution in [2.24, 2.45) is 0 Å². The van der Waals surface area contributed by atoms with Crippen LogP contribution in [0, 0.1) is 5.82 Å². The van der Waals surface area contributed by atoms with E-state index in [0.717, 1.165) is 31.2 Å². The van der Waals surface area contributed by atoms with E-state index in [1.54, 1.807) is 12.1 Å². The van der Waals surface area contributed by atoms with Gasteiger partial charge < -0.3 is 14.2 Å². The van der Waals surface area contributed by atoms with Gasteiger partial charge in [0.1, 0.15) is 18.0 Å². The van der Waals surface area contributed by atoms with Gasteiger partial charge in [-0.15, -0.1) is 0 Å². The van der Waals surface area contributed by atoms with Crippen molar-refractivity contribution < 1.29 is 18.4 Å². The molecule has 0 aliphatic carbocycles. The number of rotatable bonds is 4. The topological polar surface area (TPSA) is 68.5 Å². The number of likely N-dealkylation sites (tertiary alicyclic amines) is 1. The number of carbonyl (C=O) groups is 1. The molecule has 1 aromatic heterocycles. The fourth-order valence-electron chi connectivity index (χ4n) is 3.50. The van der Waals surface area contributed by atoms with Crippen LogP contribution in [0.5, 0.6) is 0 Å². The number of hydrogen-bond donors (Lipinski definition) is 0. The highest BCUT2D eigenvalue weighted by Gasteiger charge is 2.38. The largest absolute Gasteiger partial charge is 0.368 e. The Kier molecular flexibility index (Phi) is 4.48. The Hall–Kier alpha value is -2.28. The number of halogens is 1. The highest BCUT2D eigenvalue weighted by molar-refractivity contribution is 5.81. The Balaban J connectivity index is 1.46. The summed E-state index contributed by atoms with van der Waals surface area (Å²) >= 11 is 0. The molecule has 0 saturated carbocycles. The average molecular weight is 345 g/mol. The van der Waals surface area contributed by atoms with Crippen molar-refractivity contribution in [2.45, 2.75) is 44.2 Å². The standard InChI is InChI=1S/C18H20FN3O3/c19-13-7-5-12(6-8-13)11-16-20-17(25-21-16)14-3-1-9-22(14)18(23)15-4-2-10-24-15/h5-8,14-15H,1-4,9-11H2/t14-,15+/m0/s1. The van der Waals surface area contributed by atoms with Crippen molar-refractivity contribution in [2.75, 3.05) is 13.2 Å². The highest BCUT2D eigenvalue weighted by atomic mass is 19.1. The Bertz CT molecular complexity index is 740. The van der Waals surface area contributed by atoms with Gasteiger partial charge in [-0.3, -0.25) is 4.79 Å². The fraction of sp³-hybridized carbons (Fsp3) is 0.500. The van der Waals surface area contributed by atoms with E-state index in [1.165, 1.54) is 12.1 Å². The molecule has 1 amide bonds. The predicted octanol–water partition coefficient (Wildman–Crippen LogP) is 2.64. The molecule has 2 atom stereocenters. The molecule has 0 radical (unpaired) electrons. The summed E-state index contributed by atoms with van der Waals surface area (Å²) in [5.74, 6) is 0.768. The Morgan fingerprint density at radius 3 is 2.84 bits per heavy atom. The number of ether oxygens (including phenoxy) is 1. The lowest BCUT2D eigenvalue weighted by Crippen LogP contribution is -2.38. The minimum absolute atomic E-state index is 0.0262. The third-order valence-corrected chi connectivity index (χ3v) is 4.79. The van der Waals surface area contributed by atoms with Crippen LogP contribution in [0.2, 0.25) is 0 Å². The minimum atomic E-state index is -0.331. The number of aromatic nitrogens is 2. The van der Waals surface area contributed by atoms with E-state index in [2.05, 4.69) is 10.1 Å². The molecular formula is C18H20FN3O3. The van der Waals surface area contributed by atoms with Gasteiger partial charge in [0.2, 0.25) is 5.89 Å². The summed E-state index contributed by atoms with van der Waals surface area (Å²) < 4.78 is 23.9. The van der Waals surface area contributed by atoms with Crippen LogP contribution in [0.15, 0.2) is 28.8 Å². The van der Waals surface area contributed by atoms with Gasteiger partial charge in [0.05, 0.1) is 0 Å². The molecule has 4 rings (SSSR count). The zero-order valence-electron chi connectivity index (χ0n) is 13.9. The van der Waals surface area contributed by atoms with Crippen molar-refractivity contribution in [1.29, 1.82) is 0 Å². The van der Waals surface area contributed by atoms with Crippen molar-refractivity contribution in [1.82, 2.24) is 15.0 Å². The molecule has 2 saturated heterocycles. The summed E-state index contributed by atoms with van der Waals surface area (Å²) in [5, 5.41) is 4.02. The lowest BCUT2D eigenvalue weighted by Gasteiger charge is -2.24. The first-order valence-corrected chi connectivity index (χ1v) is 8.70. The summed E-state index contributed by atoms with van der Waals surface area (Å²) in [6.07, 6.45) is 3.58. The molecule has 3 heterocycles. The lowest BCUT2D eigenvalue weighted by molar-refractivity contribution is -0.142. The molecule has 0 N–H and O–H groups in total. The van der Waals surface area contributed by atoms with Crippen LogP contribution in [-0.2, 0) is 16.0 Å². The first-order chi connectivity index (χ1) is 12.2. The number of amides is 1. The van der Waals surface area contributed by atoms with Gasteiger partial charge in [-0.25, -0.2) is 4.39 Å². The molecule has 0 bridgehead atoms. The molecule has 2 aromatic rings. The number of benzene rings is 1. The van der Waals surface area contributed by atoms with Gasteiger partial charge in [-0.2, -0.15) is 4.98 Å². The van der Waals surface area contributed by atoms with E-state index in [0.29, 0.717) is 31.3 Å². The number of carbonyl (C=O) groups excluding carboxylic acids is 1. The second kappa shape index (κ2) is 6.92. The normalized spacial score (nSPS) is 23.3. The van der Waals surface area contributed by atoms with Gasteiger partial charge in [-0.05, 0) is 43.4 Å². The third kappa shape index (κ3) is 3.42. The maximum absolute atomic E-state index is 13.0. The summed E-state index contributed by atoms with van der Waals surface area (Å²) in [7, 11) is 0. The predicted molar refractivity (Wildman–Crippen MR) is 86.2 cm³/mol. The zero-order chi connectivity index (χ0) is 17.2. The zero-order valence-corrected chi connectivity index (χ0v) is 13.9. The second-order valence-corrected chi connectivity index (χ2v) is 6.54. The van der Waals surface area contributed by atoms with Gasteiger partial charge in [0, 0.05) is 19.6 Å². The third-order valence-electron chi connectivity index (χ3n) is 4.79. The fourth-order valence-corrected chi connectivity index (χ4v) is 3.50. The minimum Gasteiger partial charge on any atom is -0.368 e. The van der Waals surface area contributed by atoms with Crippen LogP contribution in [0.25, 0.3) is 0 Å². The highest BCUT2D eigenvalue weighted by Crippen LogP contribution is 2.33. The summed E-state index contributed by atoms with van der Waals surface area (Å²) in [6.45, 7) is 1.34. The Labute approximate surface area is 145 Å². The van der Waals surface area contributed by atoms with Crippen LogP contribution in [0.1, 0.15) is 49.0 Å². The molecule has 132 valence electrons. The number of hydrogen-bond acceptors (Lipinski definition) is 5. The van der Waals surface area contributed by atoms with Crippen LogP contribution in [0.3, 0.4) is 0 Å². The summed E-state index contributed by atoms with van der Waals surface area (Å²) in [5.41, 5.74) is 0.910. The summed E-state index contributed by atoms with van der Waals surface area (Å²) in [4.78, 5) is 18.9. The van der Waals surface area contributed by atoms with Crippen LogP contribution in [-0.4, -0.2) is 40.2 Å². The lowest BCUT2D eigenvalue weighted by atomic mass is 10.1. The molecule has 7 heteroatoms. The molecule has 0 spiro atoms. The van der Waals surface area contributed by atoms with Crippen molar-refractivity contribution in [3.63, 3.8) is 0 Å². The van der Waals surface area contributed by atoms with E-state index in [4.69, 9.17) is 9.26 Å². The molecule has 6 nitrogen and oxygen atoms in total. The van der Waals surface area contributed by atoms with Crippen LogP contribution < -0.4 is 0 Å². The van der Waals surface area contributed by atoms with E-state index in [1.807, 2.05) is 4.90 Å². The van der Waals surface area contributed by atoms with Crippen molar-refractivity contribution in [3.05, 3.63) is 47.4 Å². The number of nitrogens with zero attached hydrogens (tertiary/aromatic N) is 3. The van der Waals surface area contributed by atoms with Gasteiger partial charge >= 0.3 is 0 Å². The smallest absolute Gasteiger partial charge is 0.252 e. The van der Waals surface area contributed by atoms with Crippen LogP contribution >= 0.6 is 0 Å². The van der Waals surface area contributed by atoms with Crippen LogP contribution in [0.4, 0.5) is 4.39 Å². The summed E-state index contributed by atoms with van der Waals surface area (Å²) in [6, 6.07) is 6.05. The monoisotopic (exact) mass is 345 g/mol. The molecule has 2 fully saturated rings. The van der Waals surface area contributed by atoms with E-state index in [-0.39, 0.29) is 23.9 Å². The maximum atomic E-state index is 13.0. The molecular weight excluding hydrogens is 325 g/mol. The first-order valence-electron chi connectivity index (χ1n) is 8.70. The van der Waals surface area contributed by atoms with Crippen molar-refractivity contribution >= 4 is 5.91 Å². The Morgan fingerprint density at radius 1 is 1.24 bits per heavy atom. The quantitative estimate of drug-likeness (QED) is 0.852. The first kappa shape index (κ1) is 16.2. The van der Waals surface area contributed by atoms with Gasteiger partial charge in [-0.1, -0.05) is 17.3 Å². The van der Waals surface area contributed by atoms with E-state index in [9.17, 15) is 9.18 Å². The average Bonchev–Trinajstić information content (AvgIpc) is 3.37. The van der Waals surface area contributed by atoms with Gasteiger partial charge in [0.25, 0.3) is 5.91 Å². The molecule has 25 heavy (non-hydrogen) atoms. The van der Waals surface area contributed by atoms with E-state index >= 15 is 0 Å². The molecule has 0 unspecified atom stereocenters. The SMILES string of the molecule is O=C([C@H]1CCCO1)N1CCC[C@H]1c1nc(Cc2ccc(F)cc2)no1. The molecule has 2 aliphatic rings. The molecule has 1 aromatic carbocycles. The van der Waals surface area contributed by atoms with Gasteiger partial charge in [0.15, 0.2) is 5.82 Å². The van der Waals surface area contributed by atoms with Crippen molar-refractivity contribution in [3.8, 4) is 0 Å². The Morgan fingerprint density at radius 2 is 2.08 bits per heavy atom. The maximum Gasteiger partial charge on any atom is 0.252 e. The second-order valence-electron chi connectivity index (χ2n) is 6.54. The molecule has 2 aliphatic heterocycles.